The fraction of sp³-hybridized carbons (Fsp3) is 0.667. The average Bonchev–Trinajstić information content (AvgIpc) is 2.91. The van der Waals surface area contributed by atoms with E-state index in [0.717, 1.165) is 32.2 Å². The number of halogens is 1. The van der Waals surface area contributed by atoms with E-state index in [9.17, 15) is 4.79 Å². The molecule has 1 fully saturated rings. The Morgan fingerprint density at radius 3 is 3.00 bits per heavy atom. The van der Waals surface area contributed by atoms with E-state index in [2.05, 4.69) is 22.8 Å². The first-order valence-corrected chi connectivity index (χ1v) is 8.50. The van der Waals surface area contributed by atoms with Crippen LogP contribution in [0.1, 0.15) is 43.4 Å². The number of hydrogen-bond acceptors (Lipinski definition) is 2. The zero-order chi connectivity index (χ0) is 13.5. The van der Waals surface area contributed by atoms with Gasteiger partial charge in [0.05, 0.1) is 0 Å². The van der Waals surface area contributed by atoms with Crippen LogP contribution in [0.4, 0.5) is 0 Å². The van der Waals surface area contributed by atoms with Crippen molar-refractivity contribution in [2.24, 2.45) is 5.92 Å². The molecule has 1 saturated carbocycles. The van der Waals surface area contributed by atoms with Gasteiger partial charge < -0.3 is 5.32 Å². The molecule has 1 aliphatic rings. The molecule has 0 aromatic carbocycles. The largest absolute Gasteiger partial charge is 0.356 e. The molecule has 0 bridgehead atoms. The summed E-state index contributed by atoms with van der Waals surface area (Å²) >= 11 is 8.05. The summed E-state index contributed by atoms with van der Waals surface area (Å²) in [7, 11) is 0. The number of hydrogen-bond donors (Lipinski definition) is 1. The normalized spacial score (nSPS) is 23.2. The Kier molecular flexibility index (Phi) is 6.18. The van der Waals surface area contributed by atoms with Crippen molar-refractivity contribution in [3.63, 3.8) is 0 Å². The van der Waals surface area contributed by atoms with E-state index in [-0.39, 0.29) is 11.3 Å². The van der Waals surface area contributed by atoms with E-state index in [1.807, 2.05) is 0 Å². The van der Waals surface area contributed by atoms with Crippen molar-refractivity contribution >= 4 is 28.8 Å². The summed E-state index contributed by atoms with van der Waals surface area (Å²) in [5, 5.41) is 5.38. The highest BCUT2D eigenvalue weighted by atomic mass is 35.5. The van der Waals surface area contributed by atoms with Gasteiger partial charge in [-0.05, 0) is 43.0 Å². The summed E-state index contributed by atoms with van der Waals surface area (Å²) in [5.74, 6) is 0.641. The number of rotatable bonds is 6. The van der Waals surface area contributed by atoms with Gasteiger partial charge in [-0.2, -0.15) is 0 Å². The average molecular weight is 300 g/mol. The SMILES string of the molecule is O=C(CCCc1cccs1)NCC1CCCCC1Cl. The van der Waals surface area contributed by atoms with Gasteiger partial charge in [0.1, 0.15) is 0 Å². The molecule has 0 spiro atoms. The lowest BCUT2D eigenvalue weighted by Crippen LogP contribution is -2.34. The molecule has 1 N–H and O–H groups in total. The summed E-state index contributed by atoms with van der Waals surface area (Å²) in [4.78, 5) is 13.1. The van der Waals surface area contributed by atoms with Crippen molar-refractivity contribution in [2.75, 3.05) is 6.54 Å². The smallest absolute Gasteiger partial charge is 0.220 e. The topological polar surface area (TPSA) is 29.1 Å². The lowest BCUT2D eigenvalue weighted by molar-refractivity contribution is -0.121. The number of thiophene rings is 1. The Labute approximate surface area is 124 Å². The first-order valence-electron chi connectivity index (χ1n) is 7.19. The van der Waals surface area contributed by atoms with Gasteiger partial charge in [-0.25, -0.2) is 0 Å². The summed E-state index contributed by atoms with van der Waals surface area (Å²) in [6, 6.07) is 4.19. The Hall–Kier alpha value is -0.540. The molecule has 4 heteroatoms. The first-order chi connectivity index (χ1) is 9.25. The van der Waals surface area contributed by atoms with Crippen LogP contribution >= 0.6 is 22.9 Å². The lowest BCUT2D eigenvalue weighted by atomic mass is 9.89. The third kappa shape index (κ3) is 5.15. The Balaban J connectivity index is 1.59. The highest BCUT2D eigenvalue weighted by molar-refractivity contribution is 7.09. The quantitative estimate of drug-likeness (QED) is 0.791. The number of carbonyl (C=O) groups excluding carboxylic acids is 1. The highest BCUT2D eigenvalue weighted by Gasteiger charge is 2.23. The molecule has 1 aromatic heterocycles. The summed E-state index contributed by atoms with van der Waals surface area (Å²) in [6.07, 6.45) is 7.30. The summed E-state index contributed by atoms with van der Waals surface area (Å²) in [6.45, 7) is 0.756. The molecule has 19 heavy (non-hydrogen) atoms. The lowest BCUT2D eigenvalue weighted by Gasteiger charge is -2.27. The third-order valence-corrected chi connectivity index (χ3v) is 5.30. The predicted octanol–water partition coefficient (Wildman–Crippen LogP) is 3.98. The van der Waals surface area contributed by atoms with Gasteiger partial charge in [0.25, 0.3) is 0 Å². The van der Waals surface area contributed by atoms with Crippen LogP contribution in [0.3, 0.4) is 0 Å². The second kappa shape index (κ2) is 7.91. The van der Waals surface area contributed by atoms with Crippen LogP contribution in [0.25, 0.3) is 0 Å². The van der Waals surface area contributed by atoms with Crippen molar-refractivity contribution in [3.05, 3.63) is 22.4 Å². The van der Waals surface area contributed by atoms with E-state index < -0.39 is 0 Å². The standard InChI is InChI=1S/C15H22ClNOS/c16-14-8-2-1-5-12(14)11-17-15(18)9-3-6-13-7-4-10-19-13/h4,7,10,12,14H,1-3,5-6,8-9,11H2,(H,17,18). The van der Waals surface area contributed by atoms with Crippen molar-refractivity contribution < 1.29 is 4.79 Å². The minimum absolute atomic E-state index is 0.172. The van der Waals surface area contributed by atoms with Gasteiger partial charge >= 0.3 is 0 Å². The van der Waals surface area contributed by atoms with Crippen molar-refractivity contribution in [1.82, 2.24) is 5.32 Å². The van der Waals surface area contributed by atoms with E-state index in [4.69, 9.17) is 11.6 Å². The van der Waals surface area contributed by atoms with Crippen molar-refractivity contribution in [1.29, 1.82) is 0 Å². The number of alkyl halides is 1. The van der Waals surface area contributed by atoms with Crippen molar-refractivity contribution in [3.8, 4) is 0 Å². The van der Waals surface area contributed by atoms with Crippen LogP contribution < -0.4 is 5.32 Å². The maximum Gasteiger partial charge on any atom is 0.220 e. The molecular weight excluding hydrogens is 278 g/mol. The molecule has 0 radical (unpaired) electrons. The number of nitrogens with one attached hydrogen (secondary N) is 1. The molecule has 1 heterocycles. The molecule has 0 saturated heterocycles. The summed E-state index contributed by atoms with van der Waals surface area (Å²) < 4.78 is 0. The number of carbonyl (C=O) groups is 1. The van der Waals surface area contributed by atoms with Crippen LogP contribution in [0.2, 0.25) is 0 Å². The fourth-order valence-electron chi connectivity index (χ4n) is 2.60. The Bertz CT molecular complexity index is 380. The molecule has 1 amide bonds. The van der Waals surface area contributed by atoms with E-state index in [1.54, 1.807) is 11.3 Å². The highest BCUT2D eigenvalue weighted by Crippen LogP contribution is 2.27. The van der Waals surface area contributed by atoms with Gasteiger partial charge in [-0.15, -0.1) is 22.9 Å². The first kappa shape index (κ1) is 14.9. The third-order valence-electron chi connectivity index (χ3n) is 3.78. The molecule has 2 rings (SSSR count). The van der Waals surface area contributed by atoms with Gasteiger partial charge in [0.15, 0.2) is 0 Å². The van der Waals surface area contributed by atoms with E-state index in [0.29, 0.717) is 12.3 Å². The molecular formula is C15H22ClNOS. The minimum atomic E-state index is 0.172. The van der Waals surface area contributed by atoms with Gasteiger partial charge in [-0.1, -0.05) is 18.9 Å². The Morgan fingerprint density at radius 1 is 1.42 bits per heavy atom. The monoisotopic (exact) mass is 299 g/mol. The maximum absolute atomic E-state index is 11.8. The van der Waals surface area contributed by atoms with E-state index >= 15 is 0 Å². The molecule has 0 aliphatic heterocycles. The Morgan fingerprint density at radius 2 is 2.26 bits per heavy atom. The predicted molar refractivity (Wildman–Crippen MR) is 81.9 cm³/mol. The fourth-order valence-corrected chi connectivity index (χ4v) is 3.72. The maximum atomic E-state index is 11.8. The number of aryl methyl sites for hydroxylation is 1. The zero-order valence-corrected chi connectivity index (χ0v) is 12.8. The van der Waals surface area contributed by atoms with Crippen LogP contribution in [0.15, 0.2) is 17.5 Å². The molecule has 1 aromatic rings. The molecule has 106 valence electrons. The second-order valence-corrected chi connectivity index (χ2v) is 6.89. The minimum Gasteiger partial charge on any atom is -0.356 e. The zero-order valence-electron chi connectivity index (χ0n) is 11.2. The van der Waals surface area contributed by atoms with Gasteiger partial charge in [-0.3, -0.25) is 4.79 Å². The van der Waals surface area contributed by atoms with Gasteiger partial charge in [0.2, 0.25) is 5.91 Å². The van der Waals surface area contributed by atoms with Crippen LogP contribution in [-0.2, 0) is 11.2 Å². The van der Waals surface area contributed by atoms with Gasteiger partial charge in [0, 0.05) is 23.2 Å². The van der Waals surface area contributed by atoms with Crippen LogP contribution in [0, 0.1) is 5.92 Å². The van der Waals surface area contributed by atoms with Crippen LogP contribution in [-0.4, -0.2) is 17.8 Å². The van der Waals surface area contributed by atoms with Crippen molar-refractivity contribution in [2.45, 2.75) is 50.3 Å². The number of amides is 1. The molecule has 2 atom stereocenters. The van der Waals surface area contributed by atoms with Crippen LogP contribution in [0.5, 0.6) is 0 Å². The molecule has 2 unspecified atom stereocenters. The molecule has 1 aliphatic carbocycles. The van der Waals surface area contributed by atoms with E-state index in [1.165, 1.54) is 17.7 Å². The second-order valence-electron chi connectivity index (χ2n) is 5.30. The summed E-state index contributed by atoms with van der Waals surface area (Å²) in [5.41, 5.74) is 0. The molecule has 2 nitrogen and oxygen atoms in total.